The first-order valence-corrected chi connectivity index (χ1v) is 11.7. The molecule has 1 aliphatic carbocycles. The first-order valence-electron chi connectivity index (χ1n) is 11.7. The maximum absolute atomic E-state index is 11.3. The summed E-state index contributed by atoms with van der Waals surface area (Å²) in [5, 5.41) is 38.5. The Kier molecular flexibility index (Phi) is 6.63. The highest BCUT2D eigenvalue weighted by Crippen LogP contribution is 2.40. The fourth-order valence-electron chi connectivity index (χ4n) is 4.59. The predicted molar refractivity (Wildman–Crippen MR) is 131 cm³/mol. The third-order valence-electron chi connectivity index (χ3n) is 6.49. The second-order valence-corrected chi connectivity index (χ2v) is 9.02. The summed E-state index contributed by atoms with van der Waals surface area (Å²) in [5.74, 6) is 1.34. The van der Waals surface area contributed by atoms with Crippen molar-refractivity contribution in [3.8, 4) is 11.3 Å². The Labute approximate surface area is 207 Å². The van der Waals surface area contributed by atoms with E-state index in [0.717, 1.165) is 11.1 Å². The average Bonchev–Trinajstić information content (AvgIpc) is 3.58. The largest absolute Gasteiger partial charge is 0.467 e. The van der Waals surface area contributed by atoms with E-state index in [4.69, 9.17) is 13.6 Å². The summed E-state index contributed by atoms with van der Waals surface area (Å²) < 4.78 is 16.6. The van der Waals surface area contributed by atoms with Crippen molar-refractivity contribution >= 4 is 22.7 Å². The van der Waals surface area contributed by atoms with Crippen LogP contribution < -0.4 is 10.6 Å². The van der Waals surface area contributed by atoms with Gasteiger partial charge < -0.3 is 39.5 Å². The summed E-state index contributed by atoms with van der Waals surface area (Å²) in [5.41, 5.74) is 0.791. The molecule has 0 aromatic carbocycles. The summed E-state index contributed by atoms with van der Waals surface area (Å²) in [7, 11) is 1.61. The number of anilines is 2. The zero-order chi connectivity index (χ0) is 25.3. The Morgan fingerprint density at radius 1 is 1.28 bits per heavy atom. The van der Waals surface area contributed by atoms with Gasteiger partial charge in [0.15, 0.2) is 11.3 Å². The Balaban J connectivity index is 1.55. The number of nitrogens with zero attached hydrogens (tertiary/aromatic N) is 3. The van der Waals surface area contributed by atoms with Crippen LogP contribution in [0.25, 0.3) is 22.3 Å². The number of rotatable bonds is 9. The molecule has 4 aromatic heterocycles. The first-order chi connectivity index (χ1) is 17.4. The molecule has 5 rings (SSSR count). The molecule has 0 saturated heterocycles. The Bertz CT molecular complexity index is 1340. The fourth-order valence-corrected chi connectivity index (χ4v) is 4.59. The lowest BCUT2D eigenvalue weighted by Crippen LogP contribution is -2.48. The summed E-state index contributed by atoms with van der Waals surface area (Å²) >= 11 is 0. The number of aliphatic hydroxyl groups is 3. The molecule has 36 heavy (non-hydrogen) atoms. The number of ether oxygens (including phenoxy) is 1. The molecular weight excluding hydrogens is 466 g/mol. The lowest BCUT2D eigenvalue weighted by Gasteiger charge is -2.31. The van der Waals surface area contributed by atoms with E-state index in [1.807, 2.05) is 25.1 Å². The van der Waals surface area contributed by atoms with Gasteiger partial charge in [0, 0.05) is 25.0 Å². The lowest BCUT2D eigenvalue weighted by atomic mass is 10.0. The van der Waals surface area contributed by atoms with Crippen LogP contribution in [0.3, 0.4) is 0 Å². The Hall–Kier alpha value is -3.51. The third-order valence-corrected chi connectivity index (χ3v) is 6.49. The number of aromatic nitrogens is 3. The maximum Gasteiger partial charge on any atom is 0.225 e. The monoisotopic (exact) mass is 495 g/mol. The number of aryl methyl sites for hydroxylation is 1. The predicted octanol–water partition coefficient (Wildman–Crippen LogP) is 2.81. The van der Waals surface area contributed by atoms with E-state index in [0.29, 0.717) is 53.9 Å². The van der Waals surface area contributed by atoms with E-state index in [1.54, 1.807) is 25.6 Å². The molecule has 0 amide bonds. The van der Waals surface area contributed by atoms with E-state index in [2.05, 4.69) is 25.6 Å². The number of aliphatic hydroxyl groups excluding tert-OH is 2. The molecule has 4 aromatic rings. The molecule has 1 aliphatic rings. The zero-order valence-corrected chi connectivity index (χ0v) is 20.1. The number of fused-ring (bicyclic) bond motifs is 1. The van der Waals surface area contributed by atoms with Gasteiger partial charge in [-0.2, -0.15) is 4.98 Å². The van der Waals surface area contributed by atoms with E-state index in [-0.39, 0.29) is 18.8 Å². The average molecular weight is 496 g/mol. The van der Waals surface area contributed by atoms with Gasteiger partial charge in [-0.1, -0.05) is 0 Å². The molecule has 0 radical (unpaired) electrons. The van der Waals surface area contributed by atoms with Crippen molar-refractivity contribution in [2.24, 2.45) is 5.92 Å². The van der Waals surface area contributed by atoms with Crippen LogP contribution in [0.5, 0.6) is 0 Å². The molecule has 11 nitrogen and oxygen atoms in total. The second kappa shape index (κ2) is 9.86. The third kappa shape index (κ3) is 4.65. The van der Waals surface area contributed by atoms with Crippen molar-refractivity contribution in [2.75, 3.05) is 24.4 Å². The highest BCUT2D eigenvalue weighted by Gasteiger charge is 2.47. The highest BCUT2D eigenvalue weighted by molar-refractivity contribution is 5.86. The number of pyridine rings is 1. The van der Waals surface area contributed by atoms with Crippen molar-refractivity contribution < 1.29 is 28.9 Å². The molecule has 5 N–H and O–H groups in total. The van der Waals surface area contributed by atoms with Gasteiger partial charge in [-0.15, -0.1) is 0 Å². The Morgan fingerprint density at radius 3 is 2.86 bits per heavy atom. The minimum absolute atomic E-state index is 0.225. The number of furan rings is 2. The fraction of sp³-hybridized carbons (Fsp3) is 0.400. The summed E-state index contributed by atoms with van der Waals surface area (Å²) in [6, 6.07) is 7.37. The van der Waals surface area contributed by atoms with Gasteiger partial charge >= 0.3 is 0 Å². The molecule has 3 unspecified atom stereocenters. The van der Waals surface area contributed by atoms with Crippen molar-refractivity contribution in [1.29, 1.82) is 0 Å². The van der Waals surface area contributed by atoms with E-state index < -0.39 is 17.7 Å². The summed E-state index contributed by atoms with van der Waals surface area (Å²) in [6.45, 7) is 2.33. The van der Waals surface area contributed by atoms with Gasteiger partial charge in [0.05, 0.1) is 42.6 Å². The number of methoxy groups -OCH3 is 1. The van der Waals surface area contributed by atoms with Gasteiger partial charge in [0.1, 0.15) is 23.4 Å². The van der Waals surface area contributed by atoms with Crippen molar-refractivity contribution in [3.63, 3.8) is 0 Å². The van der Waals surface area contributed by atoms with Crippen LogP contribution in [-0.2, 0) is 17.9 Å². The number of hydrogen-bond donors (Lipinski definition) is 5. The SMILES string of the molecule is COCc1cc2cc(-c3c(C)nc(NCc4ccco4)nc3NC3(O)CCC(CO)C3O)oc2cn1. The highest BCUT2D eigenvalue weighted by atomic mass is 16.5. The summed E-state index contributed by atoms with van der Waals surface area (Å²) in [4.78, 5) is 13.6. The molecule has 1 saturated carbocycles. The molecule has 190 valence electrons. The normalized spacial score (nSPS) is 21.8. The number of hydrogen-bond acceptors (Lipinski definition) is 11. The molecular formula is C25H29N5O6. The van der Waals surface area contributed by atoms with Crippen LogP contribution in [0.15, 0.2) is 45.6 Å². The Morgan fingerprint density at radius 2 is 2.14 bits per heavy atom. The molecule has 0 bridgehead atoms. The minimum Gasteiger partial charge on any atom is -0.467 e. The molecule has 3 atom stereocenters. The van der Waals surface area contributed by atoms with Gasteiger partial charge in [-0.05, 0) is 44.0 Å². The lowest BCUT2D eigenvalue weighted by molar-refractivity contribution is -0.0545. The second-order valence-electron chi connectivity index (χ2n) is 9.02. The standard InChI is InChI=1S/C25H29N5O6/c1-14-21(19-9-16-8-17(13-34-2)26-11-20(16)36-19)23(30-25(33)6-5-15(12-31)22(25)32)29-24(28-14)27-10-18-4-3-7-35-18/h3-4,7-9,11,15,22,31-33H,5-6,10,12-13H2,1-2H3,(H2,27,28,29,30). The van der Waals surface area contributed by atoms with Gasteiger partial charge in [-0.25, -0.2) is 4.98 Å². The molecule has 0 aliphatic heterocycles. The van der Waals surface area contributed by atoms with Crippen molar-refractivity contribution in [1.82, 2.24) is 15.0 Å². The minimum atomic E-state index is -1.68. The van der Waals surface area contributed by atoms with Crippen LogP contribution in [0.1, 0.15) is 30.0 Å². The van der Waals surface area contributed by atoms with Crippen LogP contribution in [0.4, 0.5) is 11.8 Å². The smallest absolute Gasteiger partial charge is 0.225 e. The van der Waals surface area contributed by atoms with E-state index >= 15 is 0 Å². The van der Waals surface area contributed by atoms with Crippen LogP contribution in [0, 0.1) is 12.8 Å². The van der Waals surface area contributed by atoms with Gasteiger partial charge in [0.25, 0.3) is 0 Å². The number of nitrogens with one attached hydrogen (secondary N) is 2. The maximum atomic E-state index is 11.3. The van der Waals surface area contributed by atoms with Crippen LogP contribution >= 0.6 is 0 Å². The zero-order valence-electron chi connectivity index (χ0n) is 20.1. The first kappa shape index (κ1) is 24.2. The quantitative estimate of drug-likeness (QED) is 0.217. The van der Waals surface area contributed by atoms with Crippen molar-refractivity contribution in [3.05, 3.63) is 53.9 Å². The molecule has 4 heterocycles. The molecule has 0 spiro atoms. The van der Waals surface area contributed by atoms with E-state index in [1.165, 1.54) is 0 Å². The van der Waals surface area contributed by atoms with Crippen molar-refractivity contribution in [2.45, 2.75) is 44.7 Å². The van der Waals surface area contributed by atoms with E-state index in [9.17, 15) is 15.3 Å². The topological polar surface area (TPSA) is 159 Å². The molecule has 11 heteroatoms. The summed E-state index contributed by atoms with van der Waals surface area (Å²) in [6.07, 6.45) is 2.74. The van der Waals surface area contributed by atoms with Crippen LogP contribution in [-0.4, -0.2) is 55.8 Å². The van der Waals surface area contributed by atoms with Crippen LogP contribution in [0.2, 0.25) is 0 Å². The molecule has 1 fully saturated rings. The van der Waals surface area contributed by atoms with Gasteiger partial charge in [0.2, 0.25) is 5.95 Å². The van der Waals surface area contributed by atoms with Gasteiger partial charge in [-0.3, -0.25) is 4.98 Å².